The van der Waals surface area contributed by atoms with E-state index in [0.29, 0.717) is 11.7 Å². The van der Waals surface area contributed by atoms with E-state index in [1.165, 1.54) is 25.7 Å². The SMILES string of the molecule is Nc1cncc(Br)c1NC1CCCC1. The number of nitrogens with zero attached hydrogens (tertiary/aromatic N) is 1. The number of rotatable bonds is 2. The first-order valence-corrected chi connectivity index (χ1v) is 5.72. The van der Waals surface area contributed by atoms with Crippen molar-refractivity contribution in [3.63, 3.8) is 0 Å². The van der Waals surface area contributed by atoms with Gasteiger partial charge in [0.1, 0.15) is 0 Å². The summed E-state index contributed by atoms with van der Waals surface area (Å²) in [6.45, 7) is 0. The van der Waals surface area contributed by atoms with Gasteiger partial charge in [-0.2, -0.15) is 0 Å². The van der Waals surface area contributed by atoms with E-state index in [0.717, 1.165) is 10.2 Å². The largest absolute Gasteiger partial charge is 0.396 e. The van der Waals surface area contributed by atoms with E-state index in [4.69, 9.17) is 5.73 Å². The summed E-state index contributed by atoms with van der Waals surface area (Å²) in [6, 6.07) is 0.580. The maximum atomic E-state index is 5.84. The number of nitrogens with one attached hydrogen (secondary N) is 1. The first-order valence-electron chi connectivity index (χ1n) is 4.93. The number of pyridine rings is 1. The standard InChI is InChI=1S/C10H14BrN3/c11-8-5-13-6-9(12)10(8)14-7-3-1-2-4-7/h5-7H,1-4,12H2,(H,13,14). The average Bonchev–Trinajstić information content (AvgIpc) is 2.64. The van der Waals surface area contributed by atoms with Crippen LogP contribution < -0.4 is 11.1 Å². The Morgan fingerprint density at radius 3 is 2.71 bits per heavy atom. The van der Waals surface area contributed by atoms with Crippen molar-refractivity contribution in [1.29, 1.82) is 0 Å². The molecular formula is C10H14BrN3. The van der Waals surface area contributed by atoms with Crippen molar-refractivity contribution in [2.45, 2.75) is 31.7 Å². The van der Waals surface area contributed by atoms with Crippen molar-refractivity contribution >= 4 is 27.3 Å². The van der Waals surface area contributed by atoms with Gasteiger partial charge in [0.05, 0.1) is 22.0 Å². The molecule has 1 aromatic heterocycles. The molecule has 1 aliphatic carbocycles. The van der Waals surface area contributed by atoms with E-state index in [1.807, 2.05) is 0 Å². The molecule has 0 aromatic carbocycles. The lowest BCUT2D eigenvalue weighted by Gasteiger charge is -2.16. The molecule has 1 aliphatic rings. The fourth-order valence-electron chi connectivity index (χ4n) is 1.88. The van der Waals surface area contributed by atoms with Gasteiger partial charge in [-0.25, -0.2) is 0 Å². The van der Waals surface area contributed by atoms with E-state index in [2.05, 4.69) is 26.2 Å². The van der Waals surface area contributed by atoms with Crippen LogP contribution in [0, 0.1) is 0 Å². The second kappa shape index (κ2) is 4.17. The third kappa shape index (κ3) is 2.00. The van der Waals surface area contributed by atoms with Crippen LogP contribution in [-0.4, -0.2) is 11.0 Å². The smallest absolute Gasteiger partial charge is 0.0752 e. The molecule has 0 radical (unpaired) electrons. The number of hydrogen-bond donors (Lipinski definition) is 2. The van der Waals surface area contributed by atoms with Gasteiger partial charge in [0.25, 0.3) is 0 Å². The Morgan fingerprint density at radius 1 is 1.36 bits per heavy atom. The normalized spacial score (nSPS) is 17.2. The van der Waals surface area contributed by atoms with Gasteiger partial charge in [0.2, 0.25) is 0 Å². The molecular weight excluding hydrogens is 242 g/mol. The molecule has 2 rings (SSSR count). The summed E-state index contributed by atoms with van der Waals surface area (Å²) in [5, 5.41) is 3.47. The van der Waals surface area contributed by atoms with Crippen molar-refractivity contribution in [1.82, 2.24) is 4.98 Å². The van der Waals surface area contributed by atoms with Crippen molar-refractivity contribution in [2.24, 2.45) is 0 Å². The highest BCUT2D eigenvalue weighted by molar-refractivity contribution is 9.10. The molecule has 1 fully saturated rings. The van der Waals surface area contributed by atoms with Crippen molar-refractivity contribution < 1.29 is 0 Å². The molecule has 76 valence electrons. The topological polar surface area (TPSA) is 50.9 Å². The van der Waals surface area contributed by atoms with E-state index >= 15 is 0 Å². The Labute approximate surface area is 92.2 Å². The Kier molecular flexibility index (Phi) is 2.91. The second-order valence-electron chi connectivity index (χ2n) is 3.71. The summed E-state index contributed by atoms with van der Waals surface area (Å²) >= 11 is 3.45. The number of anilines is 2. The lowest BCUT2D eigenvalue weighted by Crippen LogP contribution is -2.16. The number of nitrogens with two attached hydrogens (primary N) is 1. The first kappa shape index (κ1) is 9.77. The highest BCUT2D eigenvalue weighted by atomic mass is 79.9. The minimum absolute atomic E-state index is 0.580. The number of hydrogen-bond acceptors (Lipinski definition) is 3. The molecule has 1 aromatic rings. The van der Waals surface area contributed by atoms with Crippen molar-refractivity contribution in [2.75, 3.05) is 11.1 Å². The lowest BCUT2D eigenvalue weighted by molar-refractivity contribution is 0.755. The summed E-state index contributed by atoms with van der Waals surface area (Å²) in [5.41, 5.74) is 7.55. The maximum absolute atomic E-state index is 5.84. The molecule has 14 heavy (non-hydrogen) atoms. The Balaban J connectivity index is 2.14. The van der Waals surface area contributed by atoms with Crippen LogP contribution in [0.15, 0.2) is 16.9 Å². The van der Waals surface area contributed by atoms with Crippen LogP contribution in [0.3, 0.4) is 0 Å². The van der Waals surface area contributed by atoms with Crippen LogP contribution in [0.25, 0.3) is 0 Å². The molecule has 0 amide bonds. The molecule has 0 aliphatic heterocycles. The zero-order chi connectivity index (χ0) is 9.97. The minimum atomic E-state index is 0.580. The second-order valence-corrected chi connectivity index (χ2v) is 4.57. The molecule has 4 heteroatoms. The van der Waals surface area contributed by atoms with E-state index in [-0.39, 0.29) is 0 Å². The van der Waals surface area contributed by atoms with Crippen molar-refractivity contribution in [3.05, 3.63) is 16.9 Å². The molecule has 1 heterocycles. The van der Waals surface area contributed by atoms with Crippen LogP contribution >= 0.6 is 15.9 Å². The van der Waals surface area contributed by atoms with Gasteiger partial charge in [-0.15, -0.1) is 0 Å². The van der Waals surface area contributed by atoms with E-state index in [1.54, 1.807) is 12.4 Å². The predicted molar refractivity (Wildman–Crippen MR) is 62.2 cm³/mol. The van der Waals surface area contributed by atoms with Gasteiger partial charge in [-0.3, -0.25) is 4.98 Å². The van der Waals surface area contributed by atoms with Crippen LogP contribution in [0.2, 0.25) is 0 Å². The number of aromatic nitrogens is 1. The molecule has 3 nitrogen and oxygen atoms in total. The fraction of sp³-hybridized carbons (Fsp3) is 0.500. The summed E-state index contributed by atoms with van der Waals surface area (Å²) in [6.07, 6.45) is 8.58. The Hall–Kier alpha value is -0.770. The van der Waals surface area contributed by atoms with Gasteiger partial charge < -0.3 is 11.1 Å². The summed E-state index contributed by atoms with van der Waals surface area (Å²) in [7, 11) is 0. The first-order chi connectivity index (χ1) is 6.77. The fourth-order valence-corrected chi connectivity index (χ4v) is 2.34. The van der Waals surface area contributed by atoms with Crippen LogP contribution in [0.5, 0.6) is 0 Å². The van der Waals surface area contributed by atoms with Gasteiger partial charge in [-0.05, 0) is 28.8 Å². The van der Waals surface area contributed by atoms with Crippen LogP contribution in [0.4, 0.5) is 11.4 Å². The average molecular weight is 256 g/mol. The Bertz CT molecular complexity index is 301. The van der Waals surface area contributed by atoms with Crippen LogP contribution in [-0.2, 0) is 0 Å². The highest BCUT2D eigenvalue weighted by Crippen LogP contribution is 2.30. The summed E-state index contributed by atoms with van der Waals surface area (Å²) in [4.78, 5) is 4.01. The molecule has 0 atom stereocenters. The predicted octanol–water partition coefficient (Wildman–Crippen LogP) is 2.78. The Morgan fingerprint density at radius 2 is 2.07 bits per heavy atom. The molecule has 3 N–H and O–H groups in total. The maximum Gasteiger partial charge on any atom is 0.0752 e. The lowest BCUT2D eigenvalue weighted by atomic mass is 10.2. The minimum Gasteiger partial charge on any atom is -0.396 e. The molecule has 0 saturated heterocycles. The quantitative estimate of drug-likeness (QED) is 0.855. The number of nitrogen functional groups attached to an aromatic ring is 1. The number of halogens is 1. The van der Waals surface area contributed by atoms with E-state index in [9.17, 15) is 0 Å². The molecule has 0 bridgehead atoms. The zero-order valence-corrected chi connectivity index (χ0v) is 9.55. The van der Waals surface area contributed by atoms with Gasteiger partial charge in [-0.1, -0.05) is 12.8 Å². The summed E-state index contributed by atoms with van der Waals surface area (Å²) < 4.78 is 0.949. The molecule has 0 unspecified atom stereocenters. The van der Waals surface area contributed by atoms with Crippen molar-refractivity contribution in [3.8, 4) is 0 Å². The summed E-state index contributed by atoms with van der Waals surface area (Å²) in [5.74, 6) is 0. The molecule has 1 saturated carbocycles. The third-order valence-corrected chi connectivity index (χ3v) is 3.23. The van der Waals surface area contributed by atoms with Gasteiger partial charge in [0, 0.05) is 12.2 Å². The monoisotopic (exact) mass is 255 g/mol. The third-order valence-electron chi connectivity index (χ3n) is 2.63. The van der Waals surface area contributed by atoms with E-state index < -0.39 is 0 Å². The van der Waals surface area contributed by atoms with Gasteiger partial charge in [0.15, 0.2) is 0 Å². The highest BCUT2D eigenvalue weighted by Gasteiger charge is 2.16. The van der Waals surface area contributed by atoms with Crippen LogP contribution in [0.1, 0.15) is 25.7 Å². The zero-order valence-electron chi connectivity index (χ0n) is 7.96. The molecule has 0 spiro atoms. The van der Waals surface area contributed by atoms with Gasteiger partial charge >= 0.3 is 0 Å².